The molecule has 2 aromatic carbocycles. The summed E-state index contributed by atoms with van der Waals surface area (Å²) < 4.78 is 33.5. The van der Waals surface area contributed by atoms with Crippen molar-refractivity contribution in [3.8, 4) is 17.1 Å². The minimum Gasteiger partial charge on any atom is -0.497 e. The second kappa shape index (κ2) is 8.14. The van der Waals surface area contributed by atoms with Gasteiger partial charge in [-0.05, 0) is 61.9 Å². The number of carbonyl (C=O) groups is 1. The summed E-state index contributed by atoms with van der Waals surface area (Å²) in [5.41, 5.74) is 2.94. The van der Waals surface area contributed by atoms with Gasteiger partial charge in [-0.2, -0.15) is 5.10 Å². The number of anilines is 1. The molecule has 0 spiro atoms. The molecule has 0 saturated heterocycles. The van der Waals surface area contributed by atoms with E-state index in [2.05, 4.69) is 10.1 Å². The van der Waals surface area contributed by atoms with Gasteiger partial charge in [0.15, 0.2) is 14.9 Å². The van der Waals surface area contributed by atoms with E-state index in [9.17, 15) is 13.2 Å². The van der Waals surface area contributed by atoms with Crippen LogP contribution in [0.2, 0.25) is 0 Å². The molecule has 174 valence electrons. The number of imidazole rings is 1. The first-order chi connectivity index (χ1) is 16.3. The van der Waals surface area contributed by atoms with Gasteiger partial charge in [-0.3, -0.25) is 4.79 Å². The molecule has 5 rings (SSSR count). The number of benzene rings is 2. The summed E-state index contributed by atoms with van der Waals surface area (Å²) in [6, 6.07) is 14.6. The van der Waals surface area contributed by atoms with Crippen LogP contribution >= 0.6 is 0 Å². The fourth-order valence-corrected chi connectivity index (χ4v) is 5.10. The predicted molar refractivity (Wildman–Crippen MR) is 127 cm³/mol. The van der Waals surface area contributed by atoms with Crippen LogP contribution in [-0.2, 0) is 16.3 Å². The van der Waals surface area contributed by atoms with Crippen molar-refractivity contribution in [1.29, 1.82) is 0 Å². The molecular formula is C24H23N5O4S. The maximum absolute atomic E-state index is 13.7. The van der Waals surface area contributed by atoms with Crippen LogP contribution in [-0.4, -0.2) is 53.6 Å². The number of ether oxygens (including phenoxy) is 1. The highest BCUT2D eigenvalue weighted by Gasteiger charge is 2.35. The largest absolute Gasteiger partial charge is 0.497 e. The van der Waals surface area contributed by atoms with E-state index in [0.717, 1.165) is 23.5 Å². The standard InChI is InChI=1S/C24H23N5O4S/c1-16-25-13-15-27(16)17-4-6-18(7-5-17)28-14-12-21-22(24(28)30)29(26-23(21)34(3,31)32)19-8-10-20(33-2)11-9-19/h4-11,13,15H,12,14H2,1-3H3. The van der Waals surface area contributed by atoms with Crippen LogP contribution in [0.4, 0.5) is 5.69 Å². The topological polar surface area (TPSA) is 99.3 Å². The number of hydrogen-bond acceptors (Lipinski definition) is 6. The Labute approximate surface area is 197 Å². The zero-order valence-corrected chi connectivity index (χ0v) is 19.8. The molecule has 1 aliphatic heterocycles. The highest BCUT2D eigenvalue weighted by Crippen LogP contribution is 2.31. The van der Waals surface area contributed by atoms with Crippen molar-refractivity contribution in [3.63, 3.8) is 0 Å². The number of methoxy groups -OCH3 is 1. The molecule has 0 bridgehead atoms. The molecule has 1 aliphatic rings. The molecule has 0 unspecified atom stereocenters. The Bertz CT molecular complexity index is 1490. The minimum atomic E-state index is -3.62. The van der Waals surface area contributed by atoms with E-state index in [1.807, 2.05) is 42.0 Å². The number of nitrogens with zero attached hydrogens (tertiary/aromatic N) is 5. The average molecular weight is 478 g/mol. The van der Waals surface area contributed by atoms with E-state index in [-0.39, 0.29) is 16.6 Å². The summed E-state index contributed by atoms with van der Waals surface area (Å²) in [5.74, 6) is 1.21. The first-order valence-corrected chi connectivity index (χ1v) is 12.6. The van der Waals surface area contributed by atoms with Crippen LogP contribution in [0.3, 0.4) is 0 Å². The summed E-state index contributed by atoms with van der Waals surface area (Å²) in [4.78, 5) is 19.6. The highest BCUT2D eigenvalue weighted by atomic mass is 32.2. The normalized spacial score (nSPS) is 13.7. The molecule has 9 nitrogen and oxygen atoms in total. The second-order valence-corrected chi connectivity index (χ2v) is 10.0. The maximum Gasteiger partial charge on any atom is 0.277 e. The lowest BCUT2D eigenvalue weighted by molar-refractivity contribution is 0.0973. The fraction of sp³-hybridized carbons (Fsp3) is 0.208. The quantitative estimate of drug-likeness (QED) is 0.438. The number of aryl methyl sites for hydroxylation is 1. The molecule has 0 fully saturated rings. The summed E-state index contributed by atoms with van der Waals surface area (Å²) >= 11 is 0. The lowest BCUT2D eigenvalue weighted by atomic mass is 10.1. The van der Waals surface area contributed by atoms with Crippen molar-refractivity contribution < 1.29 is 17.9 Å². The first kappa shape index (κ1) is 21.9. The van der Waals surface area contributed by atoms with E-state index in [1.54, 1.807) is 42.5 Å². The van der Waals surface area contributed by atoms with Crippen molar-refractivity contribution in [1.82, 2.24) is 19.3 Å². The van der Waals surface area contributed by atoms with Gasteiger partial charge in [-0.15, -0.1) is 0 Å². The summed E-state index contributed by atoms with van der Waals surface area (Å²) in [6.45, 7) is 2.27. The van der Waals surface area contributed by atoms with Gasteiger partial charge in [0.2, 0.25) is 0 Å². The molecule has 0 aliphatic carbocycles. The number of aromatic nitrogens is 4. The number of fused-ring (bicyclic) bond motifs is 1. The molecule has 10 heteroatoms. The van der Waals surface area contributed by atoms with E-state index in [0.29, 0.717) is 30.0 Å². The van der Waals surface area contributed by atoms with Gasteiger partial charge in [-0.1, -0.05) is 0 Å². The Morgan fingerprint density at radius 1 is 0.971 bits per heavy atom. The van der Waals surface area contributed by atoms with E-state index in [4.69, 9.17) is 4.74 Å². The van der Waals surface area contributed by atoms with Gasteiger partial charge in [0, 0.05) is 42.1 Å². The fourth-order valence-electron chi connectivity index (χ4n) is 4.23. The molecule has 0 N–H and O–H groups in total. The number of sulfone groups is 1. The van der Waals surface area contributed by atoms with Gasteiger partial charge < -0.3 is 14.2 Å². The predicted octanol–water partition coefficient (Wildman–Crippen LogP) is 2.98. The minimum absolute atomic E-state index is 0.0581. The Hall–Kier alpha value is -3.92. The average Bonchev–Trinajstić information content (AvgIpc) is 3.44. The lowest BCUT2D eigenvalue weighted by Crippen LogP contribution is -2.39. The zero-order valence-electron chi connectivity index (χ0n) is 19.0. The molecule has 4 aromatic rings. The molecule has 2 aromatic heterocycles. The van der Waals surface area contributed by atoms with Gasteiger partial charge in [0.1, 0.15) is 17.3 Å². The third-order valence-electron chi connectivity index (χ3n) is 5.91. The van der Waals surface area contributed by atoms with E-state index >= 15 is 0 Å². The third kappa shape index (κ3) is 3.65. The van der Waals surface area contributed by atoms with Gasteiger partial charge in [0.05, 0.1) is 12.8 Å². The van der Waals surface area contributed by atoms with Crippen LogP contribution < -0.4 is 9.64 Å². The van der Waals surface area contributed by atoms with Crippen molar-refractivity contribution in [3.05, 3.63) is 78.0 Å². The molecule has 0 atom stereocenters. The molecule has 3 heterocycles. The van der Waals surface area contributed by atoms with Crippen LogP contribution in [0.15, 0.2) is 66.0 Å². The monoisotopic (exact) mass is 477 g/mol. The molecule has 0 saturated carbocycles. The number of carbonyl (C=O) groups excluding carboxylic acids is 1. The van der Waals surface area contributed by atoms with Gasteiger partial charge >= 0.3 is 0 Å². The third-order valence-corrected chi connectivity index (χ3v) is 6.94. The number of rotatable bonds is 5. The molecule has 1 amide bonds. The SMILES string of the molecule is COc1ccc(-n2nc(S(C)(=O)=O)c3c2C(=O)N(c2ccc(-n4ccnc4C)cc2)CC3)cc1. The van der Waals surface area contributed by atoms with Crippen molar-refractivity contribution >= 4 is 21.4 Å². The number of amides is 1. The van der Waals surface area contributed by atoms with E-state index in [1.165, 1.54) is 4.68 Å². The molecular weight excluding hydrogens is 454 g/mol. The molecule has 34 heavy (non-hydrogen) atoms. The Kier molecular flexibility index (Phi) is 5.24. The Morgan fingerprint density at radius 2 is 1.62 bits per heavy atom. The summed E-state index contributed by atoms with van der Waals surface area (Å²) in [7, 11) is -2.06. The lowest BCUT2D eigenvalue weighted by Gasteiger charge is -2.28. The Morgan fingerprint density at radius 3 is 2.21 bits per heavy atom. The smallest absolute Gasteiger partial charge is 0.277 e. The second-order valence-electron chi connectivity index (χ2n) is 8.08. The highest BCUT2D eigenvalue weighted by molar-refractivity contribution is 7.90. The van der Waals surface area contributed by atoms with Crippen molar-refractivity contribution in [2.45, 2.75) is 18.4 Å². The zero-order chi connectivity index (χ0) is 24.0. The first-order valence-electron chi connectivity index (χ1n) is 10.7. The van der Waals surface area contributed by atoms with Crippen LogP contribution in [0.5, 0.6) is 5.75 Å². The van der Waals surface area contributed by atoms with Gasteiger partial charge in [0.25, 0.3) is 5.91 Å². The molecule has 0 radical (unpaired) electrons. The number of hydrogen-bond donors (Lipinski definition) is 0. The maximum atomic E-state index is 13.7. The van der Waals surface area contributed by atoms with Crippen LogP contribution in [0.1, 0.15) is 21.9 Å². The van der Waals surface area contributed by atoms with Gasteiger partial charge in [-0.25, -0.2) is 18.1 Å². The van der Waals surface area contributed by atoms with Crippen molar-refractivity contribution in [2.24, 2.45) is 0 Å². The summed E-state index contributed by atoms with van der Waals surface area (Å²) in [6.07, 6.45) is 5.10. The van der Waals surface area contributed by atoms with Crippen LogP contribution in [0, 0.1) is 6.92 Å². The van der Waals surface area contributed by atoms with Crippen molar-refractivity contribution in [2.75, 3.05) is 24.8 Å². The van der Waals surface area contributed by atoms with Crippen LogP contribution in [0.25, 0.3) is 11.4 Å². The Balaban J connectivity index is 1.56. The summed E-state index contributed by atoms with van der Waals surface area (Å²) in [5, 5.41) is 4.30. The van der Waals surface area contributed by atoms with E-state index < -0.39 is 9.84 Å².